The lowest BCUT2D eigenvalue weighted by atomic mass is 10.0. The number of ether oxygens (including phenoxy) is 1. The van der Waals surface area contributed by atoms with Crippen LogP contribution in [0.2, 0.25) is 5.02 Å². The standard InChI is InChI=1S/C27H29ClN2O3/c28-24-13-11-23(12-14-24)27-15-26(33-29-27)18-30(16-21-7-3-1-4-8-21)17-25(31)20-32-19-22-9-5-2-6-10-22/h1-14,25-26,31H,15-20H2/t25-,26+/m1/s1. The van der Waals surface area contributed by atoms with Gasteiger partial charge in [0.05, 0.1) is 25.0 Å². The van der Waals surface area contributed by atoms with Crippen molar-refractivity contribution in [2.24, 2.45) is 5.16 Å². The zero-order valence-electron chi connectivity index (χ0n) is 18.5. The van der Waals surface area contributed by atoms with Gasteiger partial charge in [0.15, 0.2) is 0 Å². The SMILES string of the molecule is O[C@@H](COCc1ccccc1)CN(Cc1ccccc1)C[C@@H]1CC(c2ccc(Cl)cc2)=NO1. The Morgan fingerprint density at radius 3 is 2.33 bits per heavy atom. The zero-order chi connectivity index (χ0) is 22.9. The molecule has 33 heavy (non-hydrogen) atoms. The lowest BCUT2D eigenvalue weighted by Gasteiger charge is -2.27. The van der Waals surface area contributed by atoms with E-state index in [-0.39, 0.29) is 12.7 Å². The number of rotatable bonds is 11. The Kier molecular flexibility index (Phi) is 8.50. The Bertz CT molecular complexity index is 1010. The van der Waals surface area contributed by atoms with Gasteiger partial charge in [-0.15, -0.1) is 0 Å². The van der Waals surface area contributed by atoms with Crippen molar-refractivity contribution < 1.29 is 14.7 Å². The summed E-state index contributed by atoms with van der Waals surface area (Å²) in [6, 6.07) is 27.9. The number of aliphatic hydroxyl groups excluding tert-OH is 1. The zero-order valence-corrected chi connectivity index (χ0v) is 19.3. The van der Waals surface area contributed by atoms with E-state index in [2.05, 4.69) is 22.2 Å². The average molecular weight is 465 g/mol. The fraction of sp³-hybridized carbons (Fsp3) is 0.296. The van der Waals surface area contributed by atoms with Crippen molar-refractivity contribution in [2.75, 3.05) is 19.7 Å². The molecule has 2 atom stereocenters. The second-order valence-corrected chi connectivity index (χ2v) is 8.75. The van der Waals surface area contributed by atoms with E-state index < -0.39 is 6.10 Å². The summed E-state index contributed by atoms with van der Waals surface area (Å²) in [5, 5.41) is 15.7. The fourth-order valence-electron chi connectivity index (χ4n) is 3.91. The number of aliphatic hydroxyl groups is 1. The summed E-state index contributed by atoms with van der Waals surface area (Å²) in [5.41, 5.74) is 4.22. The molecule has 1 heterocycles. The van der Waals surface area contributed by atoms with Crippen LogP contribution in [0.1, 0.15) is 23.1 Å². The molecule has 0 bridgehead atoms. The molecular formula is C27H29ClN2O3. The summed E-state index contributed by atoms with van der Waals surface area (Å²) in [7, 11) is 0. The van der Waals surface area contributed by atoms with Crippen LogP contribution in [0, 0.1) is 0 Å². The summed E-state index contributed by atoms with van der Waals surface area (Å²) in [6.07, 6.45) is 0.0420. The highest BCUT2D eigenvalue weighted by molar-refractivity contribution is 6.30. The van der Waals surface area contributed by atoms with E-state index in [4.69, 9.17) is 21.2 Å². The van der Waals surface area contributed by atoms with Crippen LogP contribution in [0.15, 0.2) is 90.1 Å². The number of oxime groups is 1. The molecule has 172 valence electrons. The third-order valence-corrected chi connectivity index (χ3v) is 5.76. The van der Waals surface area contributed by atoms with E-state index in [0.29, 0.717) is 37.7 Å². The van der Waals surface area contributed by atoms with Gasteiger partial charge in [0.25, 0.3) is 0 Å². The highest BCUT2D eigenvalue weighted by Crippen LogP contribution is 2.20. The maximum Gasteiger partial charge on any atom is 0.145 e. The topological polar surface area (TPSA) is 54.3 Å². The minimum absolute atomic E-state index is 0.0724. The second kappa shape index (κ2) is 12.0. The molecule has 0 amide bonds. The smallest absolute Gasteiger partial charge is 0.145 e. The maximum absolute atomic E-state index is 10.7. The molecule has 6 heteroatoms. The van der Waals surface area contributed by atoms with Gasteiger partial charge in [-0.3, -0.25) is 4.90 Å². The van der Waals surface area contributed by atoms with Gasteiger partial charge < -0.3 is 14.7 Å². The lowest BCUT2D eigenvalue weighted by molar-refractivity contribution is -0.00648. The third kappa shape index (κ3) is 7.41. The van der Waals surface area contributed by atoms with Crippen LogP contribution >= 0.6 is 11.6 Å². The van der Waals surface area contributed by atoms with Crippen molar-refractivity contribution in [2.45, 2.75) is 31.8 Å². The van der Waals surface area contributed by atoms with Crippen molar-refractivity contribution in [3.63, 3.8) is 0 Å². The average Bonchev–Trinajstić information content (AvgIpc) is 3.29. The Morgan fingerprint density at radius 1 is 0.970 bits per heavy atom. The molecule has 1 aliphatic heterocycles. The summed E-state index contributed by atoms with van der Waals surface area (Å²) in [4.78, 5) is 7.94. The van der Waals surface area contributed by atoms with Gasteiger partial charge in [0.2, 0.25) is 0 Å². The first-order valence-electron chi connectivity index (χ1n) is 11.2. The minimum atomic E-state index is -0.601. The van der Waals surface area contributed by atoms with E-state index in [9.17, 15) is 5.11 Å². The van der Waals surface area contributed by atoms with Crippen molar-refractivity contribution in [1.82, 2.24) is 4.90 Å². The van der Waals surface area contributed by atoms with Gasteiger partial charge in [-0.25, -0.2) is 0 Å². The first kappa shape index (κ1) is 23.5. The van der Waals surface area contributed by atoms with E-state index in [0.717, 1.165) is 16.8 Å². The highest BCUT2D eigenvalue weighted by Gasteiger charge is 2.25. The predicted octanol–water partition coefficient (Wildman–Crippen LogP) is 4.91. The van der Waals surface area contributed by atoms with Gasteiger partial charge in [-0.2, -0.15) is 0 Å². The number of nitrogens with zero attached hydrogens (tertiary/aromatic N) is 2. The number of halogens is 1. The summed E-state index contributed by atoms with van der Waals surface area (Å²) >= 11 is 6.00. The van der Waals surface area contributed by atoms with Crippen LogP contribution in [0.4, 0.5) is 0 Å². The Hall–Kier alpha value is -2.70. The van der Waals surface area contributed by atoms with Crippen LogP contribution in [-0.4, -0.2) is 47.6 Å². The highest BCUT2D eigenvalue weighted by atomic mass is 35.5. The van der Waals surface area contributed by atoms with Gasteiger partial charge >= 0.3 is 0 Å². The van der Waals surface area contributed by atoms with E-state index >= 15 is 0 Å². The summed E-state index contributed by atoms with van der Waals surface area (Å²) in [6.45, 7) is 2.62. The largest absolute Gasteiger partial charge is 0.390 e. The van der Waals surface area contributed by atoms with Crippen LogP contribution in [-0.2, 0) is 22.7 Å². The van der Waals surface area contributed by atoms with Gasteiger partial charge in [0, 0.05) is 31.1 Å². The quantitative estimate of drug-likeness (QED) is 0.438. The molecule has 0 aliphatic carbocycles. The van der Waals surface area contributed by atoms with Crippen molar-refractivity contribution >= 4 is 17.3 Å². The fourth-order valence-corrected chi connectivity index (χ4v) is 4.04. The van der Waals surface area contributed by atoms with Crippen LogP contribution < -0.4 is 0 Å². The molecule has 0 saturated heterocycles. The van der Waals surface area contributed by atoms with Crippen LogP contribution in [0.5, 0.6) is 0 Å². The van der Waals surface area contributed by atoms with E-state index in [1.165, 1.54) is 5.56 Å². The monoisotopic (exact) mass is 464 g/mol. The molecule has 1 N–H and O–H groups in total. The van der Waals surface area contributed by atoms with Crippen molar-refractivity contribution in [1.29, 1.82) is 0 Å². The molecule has 4 rings (SSSR count). The molecule has 0 fully saturated rings. The molecule has 0 unspecified atom stereocenters. The molecule has 0 aromatic heterocycles. The first-order valence-corrected chi connectivity index (χ1v) is 11.6. The van der Waals surface area contributed by atoms with E-state index in [1.54, 1.807) is 0 Å². The molecule has 0 radical (unpaired) electrons. The number of benzene rings is 3. The molecule has 3 aromatic carbocycles. The van der Waals surface area contributed by atoms with Crippen LogP contribution in [0.3, 0.4) is 0 Å². The van der Waals surface area contributed by atoms with Gasteiger partial charge in [-0.05, 0) is 28.8 Å². The van der Waals surface area contributed by atoms with E-state index in [1.807, 2.05) is 72.8 Å². The number of hydrogen-bond donors (Lipinski definition) is 1. The molecule has 1 aliphatic rings. The summed E-state index contributed by atoms with van der Waals surface area (Å²) < 4.78 is 5.75. The Labute approximate surface area is 200 Å². The number of hydrogen-bond acceptors (Lipinski definition) is 5. The van der Waals surface area contributed by atoms with Crippen molar-refractivity contribution in [3.8, 4) is 0 Å². The summed E-state index contributed by atoms with van der Waals surface area (Å²) in [5.74, 6) is 0. The second-order valence-electron chi connectivity index (χ2n) is 8.31. The van der Waals surface area contributed by atoms with Crippen LogP contribution in [0.25, 0.3) is 0 Å². The van der Waals surface area contributed by atoms with Gasteiger partial charge in [-0.1, -0.05) is 89.6 Å². The maximum atomic E-state index is 10.7. The van der Waals surface area contributed by atoms with Gasteiger partial charge in [0.1, 0.15) is 6.10 Å². The molecule has 0 saturated carbocycles. The van der Waals surface area contributed by atoms with Crippen molar-refractivity contribution in [3.05, 3.63) is 107 Å². The molecule has 5 nitrogen and oxygen atoms in total. The third-order valence-electron chi connectivity index (χ3n) is 5.51. The first-order chi connectivity index (χ1) is 16.2. The Morgan fingerprint density at radius 2 is 1.64 bits per heavy atom. The molecule has 3 aromatic rings. The normalized spacial score (nSPS) is 16.5. The Balaban J connectivity index is 1.32. The molecular weight excluding hydrogens is 436 g/mol. The predicted molar refractivity (Wildman–Crippen MR) is 131 cm³/mol. The molecule has 0 spiro atoms. The lowest BCUT2D eigenvalue weighted by Crippen LogP contribution is -2.39. The minimum Gasteiger partial charge on any atom is -0.390 e.